The van der Waals surface area contributed by atoms with E-state index >= 15 is 0 Å². The standard InChI is InChI=1S/C17H21N3O2S2/c18-16(22)12-5-3-9-20(11-12)15(21)8-4-10-23-17-19-13-6-1-2-7-14(13)24-17/h1-2,6-7,12H,3-5,8-11H2,(H2,18,22)/t12-/m1/s1. The molecule has 1 aliphatic rings. The van der Waals surface area contributed by atoms with Crippen LogP contribution in [-0.2, 0) is 9.59 Å². The number of primary amides is 1. The number of piperidine rings is 1. The third-order valence-electron chi connectivity index (χ3n) is 4.21. The molecule has 1 aliphatic heterocycles. The van der Waals surface area contributed by atoms with Crippen molar-refractivity contribution >= 4 is 45.1 Å². The zero-order valence-corrected chi connectivity index (χ0v) is 15.1. The summed E-state index contributed by atoms with van der Waals surface area (Å²) in [5, 5.41) is 0. The number of nitrogens with zero attached hydrogens (tertiary/aromatic N) is 2. The molecule has 128 valence electrons. The minimum Gasteiger partial charge on any atom is -0.369 e. The number of nitrogens with two attached hydrogens (primary N) is 1. The van der Waals surface area contributed by atoms with Crippen molar-refractivity contribution in [3.05, 3.63) is 24.3 Å². The van der Waals surface area contributed by atoms with E-state index < -0.39 is 0 Å². The maximum Gasteiger partial charge on any atom is 0.222 e. The van der Waals surface area contributed by atoms with Crippen molar-refractivity contribution in [1.29, 1.82) is 0 Å². The lowest BCUT2D eigenvalue weighted by molar-refractivity contribution is -0.134. The van der Waals surface area contributed by atoms with Crippen molar-refractivity contribution in [3.63, 3.8) is 0 Å². The number of hydrogen-bond acceptors (Lipinski definition) is 5. The molecular formula is C17H21N3O2S2. The largest absolute Gasteiger partial charge is 0.369 e. The molecule has 2 heterocycles. The van der Waals surface area contributed by atoms with Crippen LogP contribution in [-0.4, -0.2) is 40.5 Å². The number of rotatable bonds is 6. The summed E-state index contributed by atoms with van der Waals surface area (Å²) in [6, 6.07) is 8.11. The SMILES string of the molecule is NC(=O)[C@@H]1CCCN(C(=O)CCCSc2nc3ccccc3s2)C1. The minimum absolute atomic E-state index is 0.130. The zero-order chi connectivity index (χ0) is 16.9. The van der Waals surface area contributed by atoms with Gasteiger partial charge < -0.3 is 10.6 Å². The van der Waals surface area contributed by atoms with E-state index in [-0.39, 0.29) is 17.7 Å². The highest BCUT2D eigenvalue weighted by Gasteiger charge is 2.26. The summed E-state index contributed by atoms with van der Waals surface area (Å²) in [6.07, 6.45) is 2.99. The van der Waals surface area contributed by atoms with Gasteiger partial charge in [0.05, 0.1) is 16.1 Å². The van der Waals surface area contributed by atoms with Gasteiger partial charge in [0.2, 0.25) is 11.8 Å². The van der Waals surface area contributed by atoms with Gasteiger partial charge in [0.25, 0.3) is 0 Å². The molecule has 5 nitrogen and oxygen atoms in total. The van der Waals surface area contributed by atoms with E-state index in [2.05, 4.69) is 11.1 Å². The molecule has 2 amide bonds. The first-order chi connectivity index (χ1) is 11.6. The lowest BCUT2D eigenvalue weighted by Gasteiger charge is -2.31. The van der Waals surface area contributed by atoms with Gasteiger partial charge >= 0.3 is 0 Å². The second-order valence-electron chi connectivity index (χ2n) is 5.98. The van der Waals surface area contributed by atoms with E-state index in [9.17, 15) is 9.59 Å². The molecule has 1 aromatic heterocycles. The molecule has 1 saturated heterocycles. The molecule has 0 spiro atoms. The van der Waals surface area contributed by atoms with Crippen molar-refractivity contribution < 1.29 is 9.59 Å². The van der Waals surface area contributed by atoms with E-state index in [1.54, 1.807) is 28.0 Å². The molecule has 3 rings (SSSR count). The van der Waals surface area contributed by atoms with E-state index in [4.69, 9.17) is 5.73 Å². The van der Waals surface area contributed by atoms with Crippen molar-refractivity contribution in [3.8, 4) is 0 Å². The monoisotopic (exact) mass is 363 g/mol. The molecule has 2 aromatic rings. The Kier molecular flexibility index (Phi) is 5.73. The summed E-state index contributed by atoms with van der Waals surface area (Å²) in [7, 11) is 0. The summed E-state index contributed by atoms with van der Waals surface area (Å²) in [4.78, 5) is 29.9. The van der Waals surface area contributed by atoms with Crippen LogP contribution in [0.4, 0.5) is 0 Å². The smallest absolute Gasteiger partial charge is 0.222 e. The number of amides is 2. The van der Waals surface area contributed by atoms with E-state index in [0.29, 0.717) is 13.0 Å². The number of aromatic nitrogens is 1. The van der Waals surface area contributed by atoms with Gasteiger partial charge in [-0.05, 0) is 31.4 Å². The summed E-state index contributed by atoms with van der Waals surface area (Å²) >= 11 is 3.40. The topological polar surface area (TPSA) is 76.3 Å². The highest BCUT2D eigenvalue weighted by molar-refractivity contribution is 8.01. The zero-order valence-electron chi connectivity index (χ0n) is 13.4. The number of thioether (sulfide) groups is 1. The molecule has 0 aliphatic carbocycles. The van der Waals surface area contributed by atoms with Crippen LogP contribution in [0, 0.1) is 5.92 Å². The van der Waals surface area contributed by atoms with Gasteiger partial charge in [0.1, 0.15) is 0 Å². The van der Waals surface area contributed by atoms with Gasteiger partial charge in [-0.15, -0.1) is 11.3 Å². The number of thiazole rings is 1. The van der Waals surface area contributed by atoms with Crippen molar-refractivity contribution in [2.75, 3.05) is 18.8 Å². The van der Waals surface area contributed by atoms with Gasteiger partial charge in [0.15, 0.2) is 4.34 Å². The van der Waals surface area contributed by atoms with Gasteiger partial charge in [-0.1, -0.05) is 23.9 Å². The minimum atomic E-state index is -0.293. The van der Waals surface area contributed by atoms with E-state index in [1.807, 2.05) is 18.2 Å². The molecule has 1 atom stereocenters. The molecular weight excluding hydrogens is 342 g/mol. The quantitative estimate of drug-likeness (QED) is 0.632. The van der Waals surface area contributed by atoms with Crippen LogP contribution in [0.15, 0.2) is 28.6 Å². The third-order valence-corrected chi connectivity index (χ3v) is 6.48. The molecule has 0 saturated carbocycles. The molecule has 2 N–H and O–H groups in total. The van der Waals surface area contributed by atoms with Crippen LogP contribution in [0.2, 0.25) is 0 Å². The van der Waals surface area contributed by atoms with Gasteiger partial charge in [-0.25, -0.2) is 4.98 Å². The fraction of sp³-hybridized carbons (Fsp3) is 0.471. The number of para-hydroxylation sites is 1. The Morgan fingerprint density at radius 3 is 3.00 bits per heavy atom. The normalized spacial score (nSPS) is 18.0. The Morgan fingerprint density at radius 1 is 1.38 bits per heavy atom. The molecule has 7 heteroatoms. The average Bonchev–Trinajstić information content (AvgIpc) is 3.01. The lowest BCUT2D eigenvalue weighted by atomic mass is 9.97. The van der Waals surface area contributed by atoms with Crippen molar-refractivity contribution in [1.82, 2.24) is 9.88 Å². The molecule has 24 heavy (non-hydrogen) atoms. The van der Waals surface area contributed by atoms with Crippen LogP contribution < -0.4 is 5.73 Å². The van der Waals surface area contributed by atoms with Crippen LogP contribution >= 0.6 is 23.1 Å². The fourth-order valence-corrected chi connectivity index (χ4v) is 4.97. The van der Waals surface area contributed by atoms with Gasteiger partial charge in [-0.2, -0.15) is 0 Å². The Balaban J connectivity index is 1.42. The third kappa shape index (κ3) is 4.27. The Bertz CT molecular complexity index is 698. The number of benzene rings is 1. The maximum atomic E-state index is 12.3. The van der Waals surface area contributed by atoms with Crippen molar-refractivity contribution in [2.24, 2.45) is 11.7 Å². The van der Waals surface area contributed by atoms with Gasteiger partial charge in [-0.3, -0.25) is 9.59 Å². The number of hydrogen-bond donors (Lipinski definition) is 1. The first-order valence-electron chi connectivity index (χ1n) is 8.19. The second kappa shape index (κ2) is 7.98. The first kappa shape index (κ1) is 17.2. The number of carbonyl (C=O) groups is 2. The number of fused-ring (bicyclic) bond motifs is 1. The highest BCUT2D eigenvalue weighted by Crippen LogP contribution is 2.29. The summed E-state index contributed by atoms with van der Waals surface area (Å²) < 4.78 is 2.25. The van der Waals surface area contributed by atoms with Crippen LogP contribution in [0.5, 0.6) is 0 Å². The Hall–Kier alpha value is -1.60. The lowest BCUT2D eigenvalue weighted by Crippen LogP contribution is -2.44. The Labute approximate surface area is 149 Å². The molecule has 0 bridgehead atoms. The molecule has 1 aromatic carbocycles. The van der Waals surface area contributed by atoms with Crippen LogP contribution in [0.25, 0.3) is 10.2 Å². The number of likely N-dealkylation sites (tertiary alicyclic amines) is 1. The van der Waals surface area contributed by atoms with E-state index in [1.165, 1.54) is 4.70 Å². The summed E-state index contributed by atoms with van der Waals surface area (Å²) in [5.41, 5.74) is 6.40. The van der Waals surface area contributed by atoms with Crippen LogP contribution in [0.3, 0.4) is 0 Å². The second-order valence-corrected chi connectivity index (χ2v) is 8.35. The van der Waals surface area contributed by atoms with Crippen molar-refractivity contribution in [2.45, 2.75) is 30.0 Å². The Morgan fingerprint density at radius 2 is 2.21 bits per heavy atom. The highest BCUT2D eigenvalue weighted by atomic mass is 32.2. The van der Waals surface area contributed by atoms with Crippen LogP contribution in [0.1, 0.15) is 25.7 Å². The molecule has 1 fully saturated rings. The number of carbonyl (C=O) groups excluding carboxylic acids is 2. The molecule has 0 unspecified atom stereocenters. The maximum absolute atomic E-state index is 12.3. The summed E-state index contributed by atoms with van der Waals surface area (Å²) in [5.74, 6) is 0.531. The van der Waals surface area contributed by atoms with Gasteiger partial charge in [0, 0.05) is 25.3 Å². The average molecular weight is 364 g/mol. The molecule has 0 radical (unpaired) electrons. The fourth-order valence-electron chi connectivity index (χ4n) is 2.89. The predicted octanol–water partition coefficient (Wildman–Crippen LogP) is 2.89. The predicted molar refractivity (Wildman–Crippen MR) is 98.1 cm³/mol. The van der Waals surface area contributed by atoms with E-state index in [0.717, 1.165) is 41.4 Å². The summed E-state index contributed by atoms with van der Waals surface area (Å²) in [6.45, 7) is 1.23. The first-order valence-corrected chi connectivity index (χ1v) is 9.99.